The normalized spacial score (nSPS) is 14.2. The highest BCUT2D eigenvalue weighted by Gasteiger charge is 2.08. The van der Waals surface area contributed by atoms with E-state index in [1.54, 1.807) is 18.7 Å². The number of hydrogen-bond acceptors (Lipinski definition) is 2. The van der Waals surface area contributed by atoms with E-state index in [1.807, 2.05) is 13.2 Å². The molecule has 0 saturated heterocycles. The summed E-state index contributed by atoms with van der Waals surface area (Å²) >= 11 is 1.65. The van der Waals surface area contributed by atoms with Crippen LogP contribution in [0.2, 0.25) is 0 Å². The lowest BCUT2D eigenvalue weighted by Crippen LogP contribution is -2.31. The van der Waals surface area contributed by atoms with Gasteiger partial charge in [-0.15, -0.1) is 11.8 Å². The van der Waals surface area contributed by atoms with Crippen molar-refractivity contribution in [3.05, 3.63) is 11.6 Å². The molecule has 0 rings (SSSR count). The molecule has 0 aromatic carbocycles. The van der Waals surface area contributed by atoms with Crippen LogP contribution in [0.4, 0.5) is 0 Å². The standard InChI is InChI=1S/C9H17NOS/c1-5-6-7(2)9(12-4)10-8(3)11/h6,9H,5H2,1-4H3,(H,10,11)/b7-6+. The quantitative estimate of drug-likeness (QED) is 0.540. The third-order valence-electron chi connectivity index (χ3n) is 1.51. The van der Waals surface area contributed by atoms with Gasteiger partial charge < -0.3 is 5.32 Å². The Labute approximate surface area is 78.8 Å². The van der Waals surface area contributed by atoms with Crippen molar-refractivity contribution in [3.8, 4) is 0 Å². The predicted octanol–water partition coefficient (Wildman–Crippen LogP) is 2.17. The summed E-state index contributed by atoms with van der Waals surface area (Å²) in [5.41, 5.74) is 1.22. The molecule has 1 amide bonds. The molecule has 0 aliphatic rings. The zero-order valence-electron chi connectivity index (χ0n) is 8.18. The Kier molecular flexibility index (Phi) is 5.89. The van der Waals surface area contributed by atoms with Gasteiger partial charge in [0.15, 0.2) is 0 Å². The highest BCUT2D eigenvalue weighted by Crippen LogP contribution is 2.13. The molecule has 1 atom stereocenters. The number of hydrogen-bond donors (Lipinski definition) is 1. The third-order valence-corrected chi connectivity index (χ3v) is 2.47. The number of carbonyl (C=O) groups is 1. The second-order valence-electron chi connectivity index (χ2n) is 2.67. The number of allylic oxidation sites excluding steroid dienone is 1. The van der Waals surface area contributed by atoms with Crippen LogP contribution in [0.5, 0.6) is 0 Å². The Bertz CT molecular complexity index is 177. The first-order valence-corrected chi connectivity index (χ1v) is 5.37. The number of carbonyl (C=O) groups excluding carboxylic acids is 1. The van der Waals surface area contributed by atoms with Crippen LogP contribution < -0.4 is 5.32 Å². The molecule has 0 radical (unpaired) electrons. The largest absolute Gasteiger partial charge is 0.341 e. The molecular weight excluding hydrogens is 170 g/mol. The van der Waals surface area contributed by atoms with Crippen molar-refractivity contribution in [1.82, 2.24) is 5.32 Å². The second-order valence-corrected chi connectivity index (χ2v) is 3.62. The minimum absolute atomic E-state index is 0.0261. The summed E-state index contributed by atoms with van der Waals surface area (Å²) in [7, 11) is 0. The van der Waals surface area contributed by atoms with Gasteiger partial charge in [0, 0.05) is 6.92 Å². The summed E-state index contributed by atoms with van der Waals surface area (Å²) in [4.78, 5) is 10.8. The molecule has 0 aliphatic carbocycles. The van der Waals surface area contributed by atoms with E-state index in [0.29, 0.717) is 0 Å². The van der Waals surface area contributed by atoms with E-state index >= 15 is 0 Å². The number of amides is 1. The minimum Gasteiger partial charge on any atom is -0.341 e. The van der Waals surface area contributed by atoms with Crippen molar-refractivity contribution in [1.29, 1.82) is 0 Å². The topological polar surface area (TPSA) is 29.1 Å². The van der Waals surface area contributed by atoms with Crippen LogP contribution in [0, 0.1) is 0 Å². The van der Waals surface area contributed by atoms with Crippen LogP contribution in [-0.2, 0) is 4.79 Å². The molecule has 12 heavy (non-hydrogen) atoms. The fourth-order valence-electron chi connectivity index (χ4n) is 0.972. The van der Waals surface area contributed by atoms with Crippen molar-refractivity contribution >= 4 is 17.7 Å². The van der Waals surface area contributed by atoms with E-state index < -0.39 is 0 Å². The van der Waals surface area contributed by atoms with Gasteiger partial charge in [-0.1, -0.05) is 13.0 Å². The highest BCUT2D eigenvalue weighted by molar-refractivity contribution is 7.99. The van der Waals surface area contributed by atoms with Crippen molar-refractivity contribution in [2.75, 3.05) is 6.26 Å². The fourth-order valence-corrected chi connectivity index (χ4v) is 1.72. The lowest BCUT2D eigenvalue weighted by molar-refractivity contribution is -0.118. The smallest absolute Gasteiger partial charge is 0.217 e. The Balaban J connectivity index is 4.14. The maximum absolute atomic E-state index is 10.8. The van der Waals surface area contributed by atoms with Crippen LogP contribution in [0.25, 0.3) is 0 Å². The zero-order valence-corrected chi connectivity index (χ0v) is 8.99. The summed E-state index contributed by atoms with van der Waals surface area (Å²) < 4.78 is 0. The van der Waals surface area contributed by atoms with Gasteiger partial charge in [-0.2, -0.15) is 0 Å². The van der Waals surface area contributed by atoms with Gasteiger partial charge in [0.25, 0.3) is 0 Å². The van der Waals surface area contributed by atoms with E-state index in [9.17, 15) is 4.79 Å². The Hall–Kier alpha value is -0.440. The Morgan fingerprint density at radius 2 is 2.17 bits per heavy atom. The first kappa shape index (κ1) is 11.6. The zero-order chi connectivity index (χ0) is 9.56. The molecule has 1 N–H and O–H groups in total. The van der Waals surface area contributed by atoms with Crippen LogP contribution in [-0.4, -0.2) is 17.5 Å². The van der Waals surface area contributed by atoms with E-state index in [0.717, 1.165) is 6.42 Å². The molecule has 0 spiro atoms. The summed E-state index contributed by atoms with van der Waals surface area (Å²) in [6.07, 6.45) is 5.15. The van der Waals surface area contributed by atoms with Crippen LogP contribution in [0.3, 0.4) is 0 Å². The predicted molar refractivity (Wildman–Crippen MR) is 55.2 cm³/mol. The Morgan fingerprint density at radius 3 is 2.50 bits per heavy atom. The molecule has 0 bridgehead atoms. The average Bonchev–Trinajstić information content (AvgIpc) is 2.00. The molecule has 0 aromatic heterocycles. The maximum Gasteiger partial charge on any atom is 0.217 e. The Morgan fingerprint density at radius 1 is 1.58 bits per heavy atom. The highest BCUT2D eigenvalue weighted by atomic mass is 32.2. The molecule has 0 fully saturated rings. The SMILES string of the molecule is CC/C=C(\C)C(NC(C)=O)SC. The monoisotopic (exact) mass is 187 g/mol. The van der Waals surface area contributed by atoms with Gasteiger partial charge in [0.05, 0.1) is 5.37 Å². The first-order chi connectivity index (χ1) is 5.61. The molecule has 3 heteroatoms. The summed E-state index contributed by atoms with van der Waals surface area (Å²) in [6, 6.07) is 0. The summed E-state index contributed by atoms with van der Waals surface area (Å²) in [5.74, 6) is 0.0261. The number of thioether (sulfide) groups is 1. The number of rotatable bonds is 4. The van der Waals surface area contributed by atoms with Gasteiger partial charge in [-0.3, -0.25) is 4.79 Å². The minimum atomic E-state index is 0.0261. The first-order valence-electron chi connectivity index (χ1n) is 4.08. The molecule has 0 saturated carbocycles. The molecule has 1 unspecified atom stereocenters. The van der Waals surface area contributed by atoms with Crippen LogP contribution in [0.1, 0.15) is 27.2 Å². The van der Waals surface area contributed by atoms with Crippen molar-refractivity contribution in [2.45, 2.75) is 32.6 Å². The van der Waals surface area contributed by atoms with E-state index in [-0.39, 0.29) is 11.3 Å². The van der Waals surface area contributed by atoms with Crippen molar-refractivity contribution in [3.63, 3.8) is 0 Å². The van der Waals surface area contributed by atoms with Gasteiger partial charge in [-0.05, 0) is 25.2 Å². The average molecular weight is 187 g/mol. The lowest BCUT2D eigenvalue weighted by atomic mass is 10.2. The third kappa shape index (κ3) is 4.44. The molecule has 70 valence electrons. The molecule has 0 aromatic rings. The molecular formula is C9H17NOS. The molecule has 0 aliphatic heterocycles. The van der Waals surface area contributed by atoms with E-state index in [4.69, 9.17) is 0 Å². The van der Waals surface area contributed by atoms with E-state index in [1.165, 1.54) is 5.57 Å². The van der Waals surface area contributed by atoms with Crippen molar-refractivity contribution in [2.24, 2.45) is 0 Å². The van der Waals surface area contributed by atoms with Crippen LogP contribution in [0.15, 0.2) is 11.6 Å². The van der Waals surface area contributed by atoms with Gasteiger partial charge >= 0.3 is 0 Å². The van der Waals surface area contributed by atoms with Gasteiger partial charge in [0.1, 0.15) is 0 Å². The van der Waals surface area contributed by atoms with E-state index in [2.05, 4.69) is 18.3 Å². The lowest BCUT2D eigenvalue weighted by Gasteiger charge is -2.15. The molecule has 0 heterocycles. The number of nitrogens with one attached hydrogen (secondary N) is 1. The van der Waals surface area contributed by atoms with Gasteiger partial charge in [0.2, 0.25) is 5.91 Å². The molecule has 2 nitrogen and oxygen atoms in total. The van der Waals surface area contributed by atoms with Gasteiger partial charge in [-0.25, -0.2) is 0 Å². The summed E-state index contributed by atoms with van der Waals surface area (Å²) in [6.45, 7) is 5.68. The summed E-state index contributed by atoms with van der Waals surface area (Å²) in [5, 5.41) is 3.01. The fraction of sp³-hybridized carbons (Fsp3) is 0.667. The maximum atomic E-state index is 10.8. The van der Waals surface area contributed by atoms with Crippen LogP contribution >= 0.6 is 11.8 Å². The second kappa shape index (κ2) is 6.12. The van der Waals surface area contributed by atoms with Crippen molar-refractivity contribution < 1.29 is 4.79 Å².